The molecule has 1 atom stereocenters. The van der Waals surface area contributed by atoms with Crippen molar-refractivity contribution in [3.05, 3.63) is 41.2 Å². The van der Waals surface area contributed by atoms with Crippen LogP contribution in [-0.4, -0.2) is 5.38 Å². The maximum absolute atomic E-state index is 13.5. The van der Waals surface area contributed by atoms with Gasteiger partial charge in [0, 0.05) is 5.56 Å². The molecule has 0 bridgehead atoms. The second kappa shape index (κ2) is 3.74. The molecule has 0 nitrogen and oxygen atoms in total. The Hall–Kier alpha value is -0.820. The predicted octanol–water partition coefficient (Wildman–Crippen LogP) is 3.92. The molecule has 0 amide bonds. The number of hydrogen-bond donors (Lipinski definition) is 0. The van der Waals surface area contributed by atoms with Gasteiger partial charge in [-0.1, -0.05) is 17.7 Å². The second-order valence-electron chi connectivity index (χ2n) is 3.73. The van der Waals surface area contributed by atoms with E-state index in [-0.39, 0.29) is 11.2 Å². The topological polar surface area (TPSA) is 0 Å². The van der Waals surface area contributed by atoms with Crippen LogP contribution in [0.15, 0.2) is 24.3 Å². The highest BCUT2D eigenvalue weighted by molar-refractivity contribution is 6.22. The molecule has 1 aromatic carbocycles. The Morgan fingerprint density at radius 1 is 1.43 bits per heavy atom. The zero-order chi connectivity index (χ0) is 10.1. The summed E-state index contributed by atoms with van der Waals surface area (Å²) >= 11 is 5.95. The van der Waals surface area contributed by atoms with Crippen LogP contribution in [0.2, 0.25) is 0 Å². The highest BCUT2D eigenvalue weighted by Gasteiger charge is 2.16. The minimum absolute atomic E-state index is 0.0740. The summed E-state index contributed by atoms with van der Waals surface area (Å²) in [5.41, 5.74) is 2.85. The third-order valence-corrected chi connectivity index (χ3v) is 2.88. The van der Waals surface area contributed by atoms with Gasteiger partial charge in [0.25, 0.3) is 0 Å². The number of aryl methyl sites for hydroxylation is 1. The van der Waals surface area contributed by atoms with Crippen molar-refractivity contribution < 1.29 is 4.39 Å². The van der Waals surface area contributed by atoms with Crippen LogP contribution in [0.5, 0.6) is 0 Å². The van der Waals surface area contributed by atoms with E-state index in [0.29, 0.717) is 5.56 Å². The molecule has 1 aliphatic rings. The Balaban J connectivity index is 2.41. The Morgan fingerprint density at radius 2 is 2.21 bits per heavy atom. The lowest BCUT2D eigenvalue weighted by Crippen LogP contribution is -1.88. The SMILES string of the molecule is Cc1ccc(F)c(C2=CC(Cl)CC2)c1. The van der Waals surface area contributed by atoms with Crippen molar-refractivity contribution in [2.24, 2.45) is 0 Å². The molecule has 0 spiro atoms. The summed E-state index contributed by atoms with van der Waals surface area (Å²) in [4.78, 5) is 0. The fraction of sp³-hybridized carbons (Fsp3) is 0.333. The lowest BCUT2D eigenvalue weighted by Gasteiger charge is -2.04. The van der Waals surface area contributed by atoms with Gasteiger partial charge >= 0.3 is 0 Å². The first-order valence-corrected chi connectivity index (χ1v) is 5.22. The molecule has 0 saturated carbocycles. The molecule has 14 heavy (non-hydrogen) atoms. The Bertz CT molecular complexity index is 382. The van der Waals surface area contributed by atoms with E-state index in [9.17, 15) is 4.39 Å². The van der Waals surface area contributed by atoms with Crippen LogP contribution in [0, 0.1) is 12.7 Å². The average molecular weight is 211 g/mol. The molecular weight excluding hydrogens is 199 g/mol. The van der Waals surface area contributed by atoms with Crippen LogP contribution in [-0.2, 0) is 0 Å². The number of halogens is 2. The molecule has 2 rings (SSSR count). The van der Waals surface area contributed by atoms with Crippen molar-refractivity contribution in [3.63, 3.8) is 0 Å². The smallest absolute Gasteiger partial charge is 0.130 e. The summed E-state index contributed by atoms with van der Waals surface area (Å²) in [6.45, 7) is 1.97. The van der Waals surface area contributed by atoms with E-state index in [2.05, 4.69) is 0 Å². The number of allylic oxidation sites excluding steroid dienone is 2. The molecule has 0 aromatic heterocycles. The van der Waals surface area contributed by atoms with Crippen molar-refractivity contribution in [1.29, 1.82) is 0 Å². The monoisotopic (exact) mass is 210 g/mol. The molecule has 1 aromatic rings. The number of benzene rings is 1. The number of hydrogen-bond acceptors (Lipinski definition) is 0. The minimum atomic E-state index is -0.146. The molecule has 0 N–H and O–H groups in total. The van der Waals surface area contributed by atoms with E-state index >= 15 is 0 Å². The summed E-state index contributed by atoms with van der Waals surface area (Å²) in [6.07, 6.45) is 3.76. The maximum Gasteiger partial charge on any atom is 0.130 e. The van der Waals surface area contributed by atoms with E-state index in [1.54, 1.807) is 6.07 Å². The molecule has 0 fully saturated rings. The van der Waals surface area contributed by atoms with Gasteiger partial charge in [-0.05, 0) is 37.5 Å². The second-order valence-corrected chi connectivity index (χ2v) is 4.29. The standard InChI is InChI=1S/C12H12ClF/c1-8-2-5-12(14)11(6-8)9-3-4-10(13)7-9/h2,5-7,10H,3-4H2,1H3. The van der Waals surface area contributed by atoms with E-state index < -0.39 is 0 Å². The quantitative estimate of drug-likeness (QED) is 0.617. The zero-order valence-electron chi connectivity index (χ0n) is 8.06. The Labute approximate surface area is 88.4 Å². The fourth-order valence-electron chi connectivity index (χ4n) is 1.79. The molecule has 74 valence electrons. The highest BCUT2D eigenvalue weighted by Crippen LogP contribution is 2.32. The summed E-state index contributed by atoms with van der Waals surface area (Å²) in [6, 6.07) is 5.19. The first-order valence-electron chi connectivity index (χ1n) is 4.78. The lowest BCUT2D eigenvalue weighted by atomic mass is 10.0. The van der Waals surface area contributed by atoms with Gasteiger partial charge < -0.3 is 0 Å². The third kappa shape index (κ3) is 1.83. The first-order chi connectivity index (χ1) is 6.66. The fourth-order valence-corrected chi connectivity index (χ4v) is 2.05. The Morgan fingerprint density at radius 3 is 2.86 bits per heavy atom. The molecular formula is C12H12ClF. The van der Waals surface area contributed by atoms with Gasteiger partial charge in [0.1, 0.15) is 5.82 Å². The summed E-state index contributed by atoms with van der Waals surface area (Å²) in [5.74, 6) is -0.146. The van der Waals surface area contributed by atoms with Gasteiger partial charge in [0.2, 0.25) is 0 Å². The van der Waals surface area contributed by atoms with Crippen molar-refractivity contribution in [2.45, 2.75) is 25.1 Å². The number of rotatable bonds is 1. The van der Waals surface area contributed by atoms with Crippen molar-refractivity contribution >= 4 is 17.2 Å². The minimum Gasteiger partial charge on any atom is -0.206 e. The van der Waals surface area contributed by atoms with Gasteiger partial charge in [0.05, 0.1) is 5.38 Å². The molecule has 1 unspecified atom stereocenters. The van der Waals surface area contributed by atoms with E-state index in [1.807, 2.05) is 19.1 Å². The van der Waals surface area contributed by atoms with Gasteiger partial charge in [0.15, 0.2) is 0 Å². The third-order valence-electron chi connectivity index (χ3n) is 2.54. The van der Waals surface area contributed by atoms with Crippen LogP contribution in [0.1, 0.15) is 24.0 Å². The van der Waals surface area contributed by atoms with Crippen molar-refractivity contribution in [1.82, 2.24) is 0 Å². The van der Waals surface area contributed by atoms with E-state index in [1.165, 1.54) is 6.07 Å². The molecule has 0 heterocycles. The molecule has 0 saturated heterocycles. The van der Waals surface area contributed by atoms with Crippen LogP contribution in [0.4, 0.5) is 4.39 Å². The van der Waals surface area contributed by atoms with E-state index in [4.69, 9.17) is 11.6 Å². The van der Waals surface area contributed by atoms with Crippen LogP contribution in [0.3, 0.4) is 0 Å². The zero-order valence-corrected chi connectivity index (χ0v) is 8.81. The van der Waals surface area contributed by atoms with Crippen LogP contribution < -0.4 is 0 Å². The first kappa shape index (κ1) is 9.72. The van der Waals surface area contributed by atoms with Gasteiger partial charge in [-0.3, -0.25) is 0 Å². The largest absolute Gasteiger partial charge is 0.206 e. The van der Waals surface area contributed by atoms with Gasteiger partial charge in [-0.2, -0.15) is 0 Å². The predicted molar refractivity (Wildman–Crippen MR) is 58.0 cm³/mol. The number of alkyl halides is 1. The maximum atomic E-state index is 13.5. The molecule has 2 heteroatoms. The summed E-state index contributed by atoms with van der Waals surface area (Å²) < 4.78 is 13.5. The highest BCUT2D eigenvalue weighted by atomic mass is 35.5. The van der Waals surface area contributed by atoms with Gasteiger partial charge in [-0.25, -0.2) is 4.39 Å². The van der Waals surface area contributed by atoms with Gasteiger partial charge in [-0.15, -0.1) is 11.6 Å². The van der Waals surface area contributed by atoms with Crippen molar-refractivity contribution in [3.8, 4) is 0 Å². The van der Waals surface area contributed by atoms with E-state index in [0.717, 1.165) is 24.0 Å². The Kier molecular flexibility index (Phi) is 2.60. The summed E-state index contributed by atoms with van der Waals surface area (Å²) in [7, 11) is 0. The van der Waals surface area contributed by atoms with Crippen LogP contribution in [0.25, 0.3) is 5.57 Å². The molecule has 0 aliphatic heterocycles. The van der Waals surface area contributed by atoms with Crippen LogP contribution >= 0.6 is 11.6 Å². The normalized spacial score (nSPS) is 21.1. The molecule has 1 aliphatic carbocycles. The summed E-state index contributed by atoms with van der Waals surface area (Å²) in [5, 5.41) is 0.0740. The lowest BCUT2D eigenvalue weighted by molar-refractivity contribution is 0.623. The van der Waals surface area contributed by atoms with Crippen molar-refractivity contribution in [2.75, 3.05) is 0 Å². The molecule has 0 radical (unpaired) electrons. The average Bonchev–Trinajstić information content (AvgIpc) is 2.56.